The average Bonchev–Trinajstić information content (AvgIpc) is 2.59. The van der Waals surface area contributed by atoms with E-state index in [0.29, 0.717) is 32.7 Å². The number of rotatable bonds is 4. The van der Waals surface area contributed by atoms with Crippen LogP contribution in [0.15, 0.2) is 18.2 Å². The Morgan fingerprint density at radius 2 is 1.87 bits per heavy atom. The maximum atomic E-state index is 13.7. The van der Waals surface area contributed by atoms with Crippen LogP contribution < -0.4 is 10.1 Å². The monoisotopic (exact) mass is 323 g/mol. The van der Waals surface area contributed by atoms with Crippen molar-refractivity contribution in [1.82, 2.24) is 15.1 Å². The molecule has 1 aromatic rings. The van der Waals surface area contributed by atoms with Gasteiger partial charge in [-0.2, -0.15) is 0 Å². The third-order valence-electron chi connectivity index (χ3n) is 3.78. The van der Waals surface area contributed by atoms with Gasteiger partial charge in [0.1, 0.15) is 0 Å². The highest BCUT2D eigenvalue weighted by Crippen LogP contribution is 2.19. The van der Waals surface area contributed by atoms with Gasteiger partial charge in [0, 0.05) is 38.3 Å². The van der Waals surface area contributed by atoms with E-state index >= 15 is 0 Å². The number of nitrogens with zero attached hydrogens (tertiary/aromatic N) is 2. The van der Waals surface area contributed by atoms with Crippen LogP contribution in [0.3, 0.4) is 0 Å². The van der Waals surface area contributed by atoms with E-state index in [9.17, 15) is 14.0 Å². The topological polar surface area (TPSA) is 61.9 Å². The summed E-state index contributed by atoms with van der Waals surface area (Å²) in [7, 11) is 1.38. The number of nitrogens with one attached hydrogen (secondary N) is 1. The SMILES string of the molecule is CCCNC(=O)N1CCN(C(=O)c2ccc(OC)c(F)c2)CC1. The molecule has 0 saturated carbocycles. The zero-order valence-corrected chi connectivity index (χ0v) is 13.5. The van der Waals surface area contributed by atoms with E-state index in [1.54, 1.807) is 15.9 Å². The van der Waals surface area contributed by atoms with E-state index in [2.05, 4.69) is 5.32 Å². The molecule has 1 aromatic carbocycles. The Hall–Kier alpha value is -2.31. The van der Waals surface area contributed by atoms with Crippen molar-refractivity contribution >= 4 is 11.9 Å². The van der Waals surface area contributed by atoms with Gasteiger partial charge in [-0.15, -0.1) is 0 Å². The minimum Gasteiger partial charge on any atom is -0.494 e. The molecule has 1 saturated heterocycles. The summed E-state index contributed by atoms with van der Waals surface area (Å²) in [5.41, 5.74) is 0.284. The second kappa shape index (κ2) is 7.80. The molecule has 2 rings (SSSR count). The van der Waals surface area contributed by atoms with Gasteiger partial charge in [-0.05, 0) is 24.6 Å². The Bertz CT molecular complexity index is 572. The van der Waals surface area contributed by atoms with Crippen molar-refractivity contribution in [3.63, 3.8) is 0 Å². The summed E-state index contributed by atoms with van der Waals surface area (Å²) in [5.74, 6) is -0.685. The zero-order valence-electron chi connectivity index (χ0n) is 13.5. The molecule has 0 bridgehead atoms. The molecule has 0 radical (unpaired) electrons. The quantitative estimate of drug-likeness (QED) is 0.917. The Kier molecular flexibility index (Phi) is 5.78. The highest BCUT2D eigenvalue weighted by Gasteiger charge is 2.25. The van der Waals surface area contributed by atoms with Crippen molar-refractivity contribution in [2.24, 2.45) is 0 Å². The largest absolute Gasteiger partial charge is 0.494 e. The number of methoxy groups -OCH3 is 1. The normalized spacial score (nSPS) is 14.6. The Morgan fingerprint density at radius 3 is 2.43 bits per heavy atom. The molecule has 23 heavy (non-hydrogen) atoms. The summed E-state index contributed by atoms with van der Waals surface area (Å²) >= 11 is 0. The molecule has 0 aromatic heterocycles. The summed E-state index contributed by atoms with van der Waals surface area (Å²) in [4.78, 5) is 27.6. The molecule has 0 aliphatic carbocycles. The lowest BCUT2D eigenvalue weighted by Crippen LogP contribution is -2.53. The van der Waals surface area contributed by atoms with Crippen molar-refractivity contribution < 1.29 is 18.7 Å². The van der Waals surface area contributed by atoms with Gasteiger partial charge in [-0.1, -0.05) is 6.92 Å². The Labute approximate surface area is 135 Å². The van der Waals surface area contributed by atoms with Gasteiger partial charge in [-0.3, -0.25) is 4.79 Å². The summed E-state index contributed by atoms with van der Waals surface area (Å²) < 4.78 is 18.6. The smallest absolute Gasteiger partial charge is 0.317 e. The predicted molar refractivity (Wildman–Crippen MR) is 84.1 cm³/mol. The molecule has 0 unspecified atom stereocenters. The first-order valence-electron chi connectivity index (χ1n) is 7.72. The van der Waals surface area contributed by atoms with Crippen molar-refractivity contribution in [2.45, 2.75) is 13.3 Å². The maximum absolute atomic E-state index is 13.7. The highest BCUT2D eigenvalue weighted by atomic mass is 19.1. The summed E-state index contributed by atoms with van der Waals surface area (Å²) in [6.45, 7) is 4.45. The van der Waals surface area contributed by atoms with Crippen LogP contribution in [0.25, 0.3) is 0 Å². The number of piperazine rings is 1. The lowest BCUT2D eigenvalue weighted by molar-refractivity contribution is 0.0664. The molecule has 1 aliphatic heterocycles. The first-order valence-corrected chi connectivity index (χ1v) is 7.72. The third-order valence-corrected chi connectivity index (χ3v) is 3.78. The molecule has 0 spiro atoms. The van der Waals surface area contributed by atoms with Crippen LogP contribution in [0.1, 0.15) is 23.7 Å². The minimum absolute atomic E-state index is 0.102. The molecule has 1 heterocycles. The minimum atomic E-state index is -0.559. The van der Waals surface area contributed by atoms with Crippen molar-refractivity contribution in [1.29, 1.82) is 0 Å². The number of urea groups is 1. The number of benzene rings is 1. The molecule has 6 nitrogen and oxygen atoms in total. The van der Waals surface area contributed by atoms with Crippen LogP contribution >= 0.6 is 0 Å². The van der Waals surface area contributed by atoms with Gasteiger partial charge in [0.2, 0.25) is 0 Å². The molecular weight excluding hydrogens is 301 g/mol. The van der Waals surface area contributed by atoms with Gasteiger partial charge in [0.25, 0.3) is 5.91 Å². The number of hydrogen-bond donors (Lipinski definition) is 1. The zero-order chi connectivity index (χ0) is 16.8. The average molecular weight is 323 g/mol. The predicted octanol–water partition coefficient (Wildman–Crippen LogP) is 1.71. The van der Waals surface area contributed by atoms with Crippen LogP contribution in [0, 0.1) is 5.82 Å². The molecule has 126 valence electrons. The van der Waals surface area contributed by atoms with Crippen LogP contribution in [0.2, 0.25) is 0 Å². The van der Waals surface area contributed by atoms with Crippen molar-refractivity contribution in [2.75, 3.05) is 39.8 Å². The fraction of sp³-hybridized carbons (Fsp3) is 0.500. The molecule has 3 amide bonds. The van der Waals surface area contributed by atoms with E-state index in [1.165, 1.54) is 19.2 Å². The maximum Gasteiger partial charge on any atom is 0.317 e. The van der Waals surface area contributed by atoms with E-state index in [1.807, 2.05) is 6.92 Å². The number of halogens is 1. The molecule has 1 aliphatic rings. The van der Waals surface area contributed by atoms with E-state index in [0.717, 1.165) is 6.42 Å². The third kappa shape index (κ3) is 4.12. The molecule has 1 N–H and O–H groups in total. The second-order valence-corrected chi connectivity index (χ2v) is 5.36. The van der Waals surface area contributed by atoms with E-state index < -0.39 is 5.82 Å². The standard InChI is InChI=1S/C16H22FN3O3/c1-3-6-18-16(22)20-9-7-19(8-10-20)15(21)12-4-5-14(23-2)13(17)11-12/h4-5,11H,3,6-10H2,1-2H3,(H,18,22). The first-order chi connectivity index (χ1) is 11.1. The summed E-state index contributed by atoms with van der Waals surface area (Å²) in [5, 5.41) is 2.82. The highest BCUT2D eigenvalue weighted by molar-refractivity contribution is 5.94. The Morgan fingerprint density at radius 1 is 1.22 bits per heavy atom. The number of hydrogen-bond acceptors (Lipinski definition) is 3. The summed E-state index contributed by atoms with van der Waals surface area (Å²) in [6, 6.07) is 4.07. The van der Waals surface area contributed by atoms with Gasteiger partial charge in [0.15, 0.2) is 11.6 Å². The molecule has 7 heteroatoms. The van der Waals surface area contributed by atoms with Gasteiger partial charge >= 0.3 is 6.03 Å². The van der Waals surface area contributed by atoms with Crippen molar-refractivity contribution in [3.05, 3.63) is 29.6 Å². The van der Waals surface area contributed by atoms with E-state index in [4.69, 9.17) is 4.74 Å². The molecule has 1 fully saturated rings. The number of carbonyl (C=O) groups is 2. The lowest BCUT2D eigenvalue weighted by Gasteiger charge is -2.34. The van der Waals surface area contributed by atoms with Crippen LogP contribution in [-0.4, -0.2) is 61.6 Å². The van der Waals surface area contributed by atoms with Gasteiger partial charge in [0.05, 0.1) is 7.11 Å². The fourth-order valence-electron chi connectivity index (χ4n) is 2.44. The van der Waals surface area contributed by atoms with Crippen LogP contribution in [-0.2, 0) is 0 Å². The molecule has 0 atom stereocenters. The first kappa shape index (κ1) is 17.1. The summed E-state index contributed by atoms with van der Waals surface area (Å²) in [6.07, 6.45) is 0.882. The Balaban J connectivity index is 1.93. The fourth-order valence-corrected chi connectivity index (χ4v) is 2.44. The van der Waals surface area contributed by atoms with Crippen LogP contribution in [0.5, 0.6) is 5.75 Å². The van der Waals surface area contributed by atoms with Gasteiger partial charge < -0.3 is 19.9 Å². The molecular formula is C16H22FN3O3. The van der Waals surface area contributed by atoms with Gasteiger partial charge in [-0.25, -0.2) is 9.18 Å². The van der Waals surface area contributed by atoms with E-state index in [-0.39, 0.29) is 23.3 Å². The lowest BCUT2D eigenvalue weighted by atomic mass is 10.1. The van der Waals surface area contributed by atoms with Crippen LogP contribution in [0.4, 0.5) is 9.18 Å². The second-order valence-electron chi connectivity index (χ2n) is 5.36. The number of ether oxygens (including phenoxy) is 1. The van der Waals surface area contributed by atoms with Crippen molar-refractivity contribution in [3.8, 4) is 5.75 Å². The number of carbonyl (C=O) groups excluding carboxylic acids is 2. The number of amides is 3.